The van der Waals surface area contributed by atoms with Crippen LogP contribution < -0.4 is 4.90 Å². The standard InChI is InChI=1S/C31H24ClNO4/c1-2-37-31(36)23-17-20(13-16-24(23)32)33-29(34)27-21-14-15-22(28(27)30(33)35)26(21)25(18-9-5-3-6-10-18)19-11-7-4-8-12-19/h3-17,21-22,27-28H,2H2,1H3/t21-,22-,27-,28+/m1/s1. The van der Waals surface area contributed by atoms with E-state index in [4.69, 9.17) is 16.3 Å². The van der Waals surface area contributed by atoms with Crippen molar-refractivity contribution in [2.45, 2.75) is 6.92 Å². The van der Waals surface area contributed by atoms with E-state index in [0.717, 1.165) is 22.3 Å². The number of halogens is 1. The molecule has 0 N–H and O–H groups in total. The number of carbonyl (C=O) groups excluding carboxylic acids is 3. The lowest BCUT2D eigenvalue weighted by molar-refractivity contribution is -0.122. The lowest BCUT2D eigenvalue weighted by Gasteiger charge is -2.22. The summed E-state index contributed by atoms with van der Waals surface area (Å²) in [6.45, 7) is 1.90. The van der Waals surface area contributed by atoms with Crippen LogP contribution in [0.1, 0.15) is 28.4 Å². The monoisotopic (exact) mass is 509 g/mol. The average molecular weight is 510 g/mol. The number of fused-ring (bicyclic) bond motifs is 5. The molecule has 4 atom stereocenters. The summed E-state index contributed by atoms with van der Waals surface area (Å²) in [6, 6.07) is 24.9. The zero-order valence-corrected chi connectivity index (χ0v) is 20.9. The Morgan fingerprint density at radius 2 is 1.38 bits per heavy atom. The predicted molar refractivity (Wildman–Crippen MR) is 142 cm³/mol. The molecule has 3 aromatic rings. The number of esters is 1. The number of allylic oxidation sites excluding steroid dienone is 3. The van der Waals surface area contributed by atoms with Crippen molar-refractivity contribution < 1.29 is 19.1 Å². The Bertz CT molecular complexity index is 1400. The van der Waals surface area contributed by atoms with E-state index in [1.54, 1.807) is 13.0 Å². The van der Waals surface area contributed by atoms with Crippen molar-refractivity contribution in [1.29, 1.82) is 0 Å². The number of nitrogens with zero attached hydrogens (tertiary/aromatic N) is 1. The van der Waals surface area contributed by atoms with Crippen molar-refractivity contribution in [3.05, 3.63) is 118 Å². The third kappa shape index (κ3) is 3.65. The molecular formula is C31H24ClNO4. The fourth-order valence-corrected chi connectivity index (χ4v) is 6.27. The van der Waals surface area contributed by atoms with Crippen LogP contribution in [0.2, 0.25) is 5.02 Å². The highest BCUT2D eigenvalue weighted by atomic mass is 35.5. The van der Waals surface area contributed by atoms with E-state index < -0.39 is 17.8 Å². The highest BCUT2D eigenvalue weighted by Crippen LogP contribution is 2.58. The molecule has 3 aliphatic rings. The van der Waals surface area contributed by atoms with Crippen LogP contribution in [0.15, 0.2) is 96.6 Å². The summed E-state index contributed by atoms with van der Waals surface area (Å²) >= 11 is 6.22. The van der Waals surface area contributed by atoms with Gasteiger partial charge in [-0.05, 0) is 47.4 Å². The molecule has 6 rings (SSSR count). The summed E-state index contributed by atoms with van der Waals surface area (Å²) in [4.78, 5) is 41.2. The number of anilines is 1. The number of imide groups is 1. The maximum Gasteiger partial charge on any atom is 0.339 e. The molecule has 0 spiro atoms. The first kappa shape index (κ1) is 23.4. The number of hydrogen-bond acceptors (Lipinski definition) is 4. The van der Waals surface area contributed by atoms with E-state index in [9.17, 15) is 14.4 Å². The van der Waals surface area contributed by atoms with Gasteiger partial charge in [-0.25, -0.2) is 9.69 Å². The quantitative estimate of drug-likeness (QED) is 0.242. The van der Waals surface area contributed by atoms with Gasteiger partial charge in [0.15, 0.2) is 0 Å². The summed E-state index contributed by atoms with van der Waals surface area (Å²) in [5.74, 6) is -2.41. The van der Waals surface area contributed by atoms with Crippen molar-refractivity contribution in [1.82, 2.24) is 0 Å². The van der Waals surface area contributed by atoms with Crippen LogP contribution in [-0.4, -0.2) is 24.4 Å². The van der Waals surface area contributed by atoms with Crippen LogP contribution >= 0.6 is 11.6 Å². The minimum Gasteiger partial charge on any atom is -0.462 e. The molecule has 1 aliphatic heterocycles. The third-order valence-electron chi connectivity index (χ3n) is 7.53. The molecule has 37 heavy (non-hydrogen) atoms. The SMILES string of the molecule is CCOC(=O)c1cc(N2C(=O)[C@@H]3[C@H](C2=O)[C@@H]2C=C[C@@H]3C2=C(c2ccccc2)c2ccccc2)ccc1Cl. The number of rotatable bonds is 5. The molecule has 0 aromatic heterocycles. The number of hydrogen-bond donors (Lipinski definition) is 0. The number of carbonyl (C=O) groups is 3. The largest absolute Gasteiger partial charge is 0.462 e. The second kappa shape index (κ2) is 9.16. The molecule has 0 unspecified atom stereocenters. The van der Waals surface area contributed by atoms with Crippen molar-refractivity contribution >= 4 is 40.6 Å². The van der Waals surface area contributed by atoms with E-state index >= 15 is 0 Å². The lowest BCUT2D eigenvalue weighted by atomic mass is 9.85. The molecule has 5 nitrogen and oxygen atoms in total. The molecule has 2 fully saturated rings. The van der Waals surface area contributed by atoms with Crippen LogP contribution in [0.5, 0.6) is 0 Å². The Morgan fingerprint density at radius 1 is 0.838 bits per heavy atom. The first-order chi connectivity index (χ1) is 18.0. The van der Waals surface area contributed by atoms with Crippen molar-refractivity contribution in [3.8, 4) is 0 Å². The van der Waals surface area contributed by atoms with Crippen LogP contribution in [-0.2, 0) is 14.3 Å². The van der Waals surface area contributed by atoms with Gasteiger partial charge in [0.2, 0.25) is 11.8 Å². The fourth-order valence-electron chi connectivity index (χ4n) is 6.08. The predicted octanol–water partition coefficient (Wildman–Crippen LogP) is 5.94. The molecule has 2 bridgehead atoms. The second-order valence-electron chi connectivity index (χ2n) is 9.45. The summed E-state index contributed by atoms with van der Waals surface area (Å²) in [5.41, 5.74) is 4.81. The summed E-state index contributed by atoms with van der Waals surface area (Å²) in [6.07, 6.45) is 4.15. The molecule has 6 heteroatoms. The van der Waals surface area contributed by atoms with E-state index in [-0.39, 0.29) is 40.8 Å². The highest BCUT2D eigenvalue weighted by molar-refractivity contribution is 6.34. The zero-order chi connectivity index (χ0) is 25.7. The molecule has 0 radical (unpaired) electrons. The Labute approximate surface area is 220 Å². The molecule has 2 aliphatic carbocycles. The van der Waals surface area contributed by atoms with Gasteiger partial charge in [-0.2, -0.15) is 0 Å². The average Bonchev–Trinajstić information content (AvgIpc) is 3.55. The minimum absolute atomic E-state index is 0.135. The Hall–Kier alpha value is -3.96. The maximum absolute atomic E-state index is 13.8. The van der Waals surface area contributed by atoms with Crippen molar-refractivity contribution in [2.75, 3.05) is 11.5 Å². The Balaban J connectivity index is 1.43. The normalized spacial score (nSPS) is 23.5. The van der Waals surface area contributed by atoms with E-state index in [0.29, 0.717) is 5.69 Å². The van der Waals surface area contributed by atoms with Gasteiger partial charge in [-0.3, -0.25) is 9.59 Å². The van der Waals surface area contributed by atoms with Crippen molar-refractivity contribution in [2.24, 2.45) is 23.7 Å². The van der Waals surface area contributed by atoms with Crippen LogP contribution in [0, 0.1) is 23.7 Å². The third-order valence-corrected chi connectivity index (χ3v) is 7.86. The number of amides is 2. The van der Waals surface area contributed by atoms with Crippen molar-refractivity contribution in [3.63, 3.8) is 0 Å². The fraction of sp³-hybridized carbons (Fsp3) is 0.194. The zero-order valence-electron chi connectivity index (χ0n) is 20.1. The maximum atomic E-state index is 13.8. The summed E-state index contributed by atoms with van der Waals surface area (Å²) in [5, 5.41) is 0.212. The molecule has 1 saturated carbocycles. The van der Waals surface area contributed by atoms with Gasteiger partial charge in [0, 0.05) is 11.8 Å². The Kier molecular flexibility index (Phi) is 5.81. The van der Waals surface area contributed by atoms with Crippen LogP contribution in [0.4, 0.5) is 5.69 Å². The molecule has 184 valence electrons. The van der Waals surface area contributed by atoms with Gasteiger partial charge in [-0.1, -0.05) is 84.4 Å². The Morgan fingerprint density at radius 3 is 1.89 bits per heavy atom. The van der Waals surface area contributed by atoms with Crippen LogP contribution in [0.3, 0.4) is 0 Å². The van der Waals surface area contributed by atoms with E-state index in [2.05, 4.69) is 36.4 Å². The minimum atomic E-state index is -0.587. The lowest BCUT2D eigenvalue weighted by Crippen LogP contribution is -2.33. The van der Waals surface area contributed by atoms with Gasteiger partial charge in [-0.15, -0.1) is 0 Å². The summed E-state index contributed by atoms with van der Waals surface area (Å²) < 4.78 is 5.10. The number of ether oxygens (including phenoxy) is 1. The van der Waals surface area contributed by atoms with Gasteiger partial charge in [0.1, 0.15) is 0 Å². The molecule has 2 amide bonds. The smallest absolute Gasteiger partial charge is 0.339 e. The first-order valence-corrected chi connectivity index (χ1v) is 12.8. The molecule has 1 heterocycles. The molecular weight excluding hydrogens is 486 g/mol. The van der Waals surface area contributed by atoms with Crippen LogP contribution in [0.25, 0.3) is 5.57 Å². The molecule has 3 aromatic carbocycles. The van der Waals surface area contributed by atoms with E-state index in [1.807, 2.05) is 36.4 Å². The summed E-state index contributed by atoms with van der Waals surface area (Å²) in [7, 11) is 0. The van der Waals surface area contributed by atoms with Gasteiger partial charge >= 0.3 is 5.97 Å². The molecule has 1 saturated heterocycles. The van der Waals surface area contributed by atoms with Gasteiger partial charge in [0.05, 0.1) is 34.7 Å². The van der Waals surface area contributed by atoms with Gasteiger partial charge in [0.25, 0.3) is 0 Å². The first-order valence-electron chi connectivity index (χ1n) is 12.4. The van der Waals surface area contributed by atoms with E-state index in [1.165, 1.54) is 17.0 Å². The highest BCUT2D eigenvalue weighted by Gasteiger charge is 2.62. The topological polar surface area (TPSA) is 63.7 Å². The van der Waals surface area contributed by atoms with Gasteiger partial charge < -0.3 is 4.74 Å². The number of benzene rings is 3. The second-order valence-corrected chi connectivity index (χ2v) is 9.85.